The first-order chi connectivity index (χ1) is 34.9. The molecule has 5 nitrogen and oxygen atoms in total. The Morgan fingerprint density at radius 2 is 0.754 bits per heavy atom. The van der Waals surface area contributed by atoms with E-state index in [1.165, 1.54) is 0 Å². The number of aromatic nitrogens is 5. The van der Waals surface area contributed by atoms with Gasteiger partial charge in [-0.3, -0.25) is 9.13 Å². The van der Waals surface area contributed by atoms with Gasteiger partial charge < -0.3 is 0 Å². The molecule has 0 bridgehead atoms. The standard InChI is InChI=1S/C52H31N5/c1-8-22-41-33(15-1)34-16-2-9-23-42(34)52(41)43-24-10-3-17-35(43)36-30-29-32(31-44(36)52)49-53-50(56-45-25-11-4-18-37(45)38-19-5-12-26-46(38)56)55-51(54-49)57-47-27-13-6-20-39(47)40-21-7-14-28-48(40)57/h1-31H/i4D,5D,6D,7D,11D,12D,13D,14D,18D,19D,20D,21D,25D,26D,27D,28D. The number of hydrogen-bond donors (Lipinski definition) is 0. The minimum absolute atomic E-state index is 0.123. The van der Waals surface area contributed by atoms with Crippen molar-refractivity contribution in [3.05, 3.63) is 210 Å². The van der Waals surface area contributed by atoms with Crippen molar-refractivity contribution in [1.29, 1.82) is 0 Å². The van der Waals surface area contributed by atoms with Gasteiger partial charge in [0.25, 0.3) is 0 Å². The zero-order chi connectivity index (χ0) is 51.2. The van der Waals surface area contributed by atoms with Crippen LogP contribution in [0.1, 0.15) is 44.2 Å². The molecule has 2 aliphatic rings. The van der Waals surface area contributed by atoms with Crippen molar-refractivity contribution < 1.29 is 21.9 Å². The third-order valence-corrected chi connectivity index (χ3v) is 11.3. The highest BCUT2D eigenvalue weighted by molar-refractivity contribution is 6.10. The Balaban J connectivity index is 1.22. The summed E-state index contributed by atoms with van der Waals surface area (Å²) >= 11 is 0. The Hall–Kier alpha value is -7.63. The zero-order valence-corrected chi connectivity index (χ0v) is 29.4. The molecule has 5 heteroatoms. The van der Waals surface area contributed by atoms with Gasteiger partial charge in [0.15, 0.2) is 5.82 Å². The highest BCUT2D eigenvalue weighted by atomic mass is 15.3. The largest absolute Gasteiger partial charge is 0.278 e. The molecule has 1 spiro atoms. The number of para-hydroxylation sites is 4. The summed E-state index contributed by atoms with van der Waals surface area (Å²) in [5.41, 5.74) is 6.14. The van der Waals surface area contributed by atoms with Gasteiger partial charge in [0.2, 0.25) is 11.9 Å². The lowest BCUT2D eigenvalue weighted by Crippen LogP contribution is -2.25. The second-order valence-corrected chi connectivity index (χ2v) is 14.0. The summed E-state index contributed by atoms with van der Waals surface area (Å²) in [5, 5.41) is -1.03. The molecule has 3 aromatic heterocycles. The smallest absolute Gasteiger partial charge is 0.240 e. The van der Waals surface area contributed by atoms with Crippen LogP contribution in [0.2, 0.25) is 0 Å². The fourth-order valence-corrected chi connectivity index (χ4v) is 9.16. The summed E-state index contributed by atoms with van der Waals surface area (Å²) in [7, 11) is 0. The van der Waals surface area contributed by atoms with Crippen LogP contribution < -0.4 is 0 Å². The Morgan fingerprint density at radius 3 is 1.18 bits per heavy atom. The predicted molar refractivity (Wildman–Crippen MR) is 230 cm³/mol. The molecule has 264 valence electrons. The Labute approximate surface area is 350 Å². The minimum Gasteiger partial charge on any atom is -0.278 e. The minimum atomic E-state index is -0.855. The second kappa shape index (κ2) is 11.2. The molecule has 3 heterocycles. The number of fused-ring (bicyclic) bond motifs is 16. The summed E-state index contributed by atoms with van der Waals surface area (Å²) < 4.78 is 146. The van der Waals surface area contributed by atoms with Crippen LogP contribution >= 0.6 is 0 Å². The molecular formula is C52H31N5. The Morgan fingerprint density at radius 1 is 0.386 bits per heavy atom. The molecule has 2 aliphatic carbocycles. The van der Waals surface area contributed by atoms with Crippen molar-refractivity contribution in [1.82, 2.24) is 24.1 Å². The van der Waals surface area contributed by atoms with E-state index >= 15 is 0 Å². The Bertz CT molecular complexity index is 4030. The molecule has 0 saturated carbocycles. The molecular weight excluding hydrogens is 695 g/mol. The molecule has 8 aromatic carbocycles. The van der Waals surface area contributed by atoms with Gasteiger partial charge in [0, 0.05) is 27.1 Å². The SMILES string of the molecule is [2H]c1c([2H])c([2H])c2c(c1[2H])c1c([2H])c([2H])c([2H])c([2H])c1n2-c1nc(-c2ccc3c(c2)C2(c4ccccc4-c4ccccc42)c2ccccc2-3)nc(-n2c3c([2H])c([2H])c([2H])c([2H])c3c3c([2H])c([2H])c([2H])c([2H])c32)n1. The van der Waals surface area contributed by atoms with Crippen molar-refractivity contribution >= 4 is 43.6 Å². The molecule has 0 aliphatic heterocycles. The molecule has 11 aromatic rings. The van der Waals surface area contributed by atoms with Crippen molar-refractivity contribution in [2.24, 2.45) is 0 Å². The van der Waals surface area contributed by atoms with Crippen LogP contribution in [0.5, 0.6) is 0 Å². The zero-order valence-electron chi connectivity index (χ0n) is 45.4. The van der Waals surface area contributed by atoms with Gasteiger partial charge in [-0.15, -0.1) is 0 Å². The predicted octanol–water partition coefficient (Wildman–Crippen LogP) is 12.1. The van der Waals surface area contributed by atoms with Crippen LogP contribution in [0.4, 0.5) is 0 Å². The van der Waals surface area contributed by atoms with Crippen LogP contribution in [0, 0.1) is 0 Å². The van der Waals surface area contributed by atoms with Crippen molar-refractivity contribution in [3.8, 4) is 45.5 Å². The average Bonchev–Trinajstić information content (AvgIpc) is 4.14. The molecule has 0 unspecified atom stereocenters. The summed E-state index contributed by atoms with van der Waals surface area (Å²) in [6, 6.07) is 19.7. The quantitative estimate of drug-likeness (QED) is 0.181. The van der Waals surface area contributed by atoms with Crippen LogP contribution in [-0.2, 0) is 5.41 Å². The van der Waals surface area contributed by atoms with E-state index in [0.29, 0.717) is 5.56 Å². The number of rotatable bonds is 3. The van der Waals surface area contributed by atoms with E-state index in [1.807, 2.05) is 48.5 Å². The van der Waals surface area contributed by atoms with E-state index in [1.54, 1.807) is 6.07 Å². The molecule has 0 radical (unpaired) electrons. The van der Waals surface area contributed by atoms with Gasteiger partial charge in [-0.05, 0) is 74.7 Å². The maximum Gasteiger partial charge on any atom is 0.240 e. The van der Waals surface area contributed by atoms with Crippen LogP contribution in [0.3, 0.4) is 0 Å². The van der Waals surface area contributed by atoms with E-state index in [-0.39, 0.29) is 49.4 Å². The summed E-state index contributed by atoms with van der Waals surface area (Å²) in [6.07, 6.45) is 0. The third kappa shape index (κ3) is 3.94. The van der Waals surface area contributed by atoms with E-state index in [0.717, 1.165) is 53.6 Å². The molecule has 0 amide bonds. The molecule has 0 saturated heterocycles. The third-order valence-electron chi connectivity index (χ3n) is 11.3. The summed E-state index contributed by atoms with van der Waals surface area (Å²) in [4.78, 5) is 14.9. The molecule has 13 rings (SSSR count). The van der Waals surface area contributed by atoms with Gasteiger partial charge in [-0.1, -0.05) is 157 Å². The lowest BCUT2D eigenvalue weighted by molar-refractivity contribution is 0.793. The Kier molecular flexibility index (Phi) is 3.80. The van der Waals surface area contributed by atoms with Crippen molar-refractivity contribution in [2.75, 3.05) is 0 Å². The van der Waals surface area contributed by atoms with Gasteiger partial charge in [0.05, 0.1) is 49.4 Å². The first-order valence-electron chi connectivity index (χ1n) is 26.2. The van der Waals surface area contributed by atoms with E-state index in [9.17, 15) is 5.48 Å². The van der Waals surface area contributed by atoms with Crippen LogP contribution in [-0.4, -0.2) is 24.1 Å². The highest BCUT2D eigenvalue weighted by Crippen LogP contribution is 2.63. The lowest BCUT2D eigenvalue weighted by atomic mass is 9.70. The average molecular weight is 742 g/mol. The number of hydrogen-bond acceptors (Lipinski definition) is 3. The highest BCUT2D eigenvalue weighted by Gasteiger charge is 2.51. The van der Waals surface area contributed by atoms with Crippen LogP contribution in [0.15, 0.2) is 188 Å². The van der Waals surface area contributed by atoms with Crippen molar-refractivity contribution in [3.63, 3.8) is 0 Å². The van der Waals surface area contributed by atoms with Crippen molar-refractivity contribution in [2.45, 2.75) is 5.41 Å². The number of benzene rings is 8. The maximum absolute atomic E-state index is 9.30. The van der Waals surface area contributed by atoms with E-state index < -0.39 is 114 Å². The summed E-state index contributed by atoms with van der Waals surface area (Å²) in [6.45, 7) is 0. The number of nitrogens with zero attached hydrogens (tertiary/aromatic N) is 5. The fourth-order valence-electron chi connectivity index (χ4n) is 9.16. The maximum atomic E-state index is 9.30. The fraction of sp³-hybridized carbons (Fsp3) is 0.0192. The van der Waals surface area contributed by atoms with Gasteiger partial charge in [0.1, 0.15) is 0 Å². The second-order valence-electron chi connectivity index (χ2n) is 14.0. The molecule has 0 atom stereocenters. The van der Waals surface area contributed by atoms with Crippen LogP contribution in [0.25, 0.3) is 89.2 Å². The van der Waals surface area contributed by atoms with Gasteiger partial charge in [-0.2, -0.15) is 15.0 Å². The van der Waals surface area contributed by atoms with E-state index in [4.69, 9.17) is 31.4 Å². The normalized spacial score (nSPS) is 17.3. The molecule has 0 fully saturated rings. The topological polar surface area (TPSA) is 48.5 Å². The monoisotopic (exact) mass is 741 g/mol. The molecule has 57 heavy (non-hydrogen) atoms. The van der Waals surface area contributed by atoms with E-state index in [2.05, 4.69) is 36.4 Å². The van der Waals surface area contributed by atoms with Gasteiger partial charge >= 0.3 is 0 Å². The van der Waals surface area contributed by atoms with Gasteiger partial charge in [-0.25, -0.2) is 0 Å². The molecule has 0 N–H and O–H groups in total. The first kappa shape index (κ1) is 19.3. The summed E-state index contributed by atoms with van der Waals surface area (Å²) in [5.74, 6) is -1.04. The lowest BCUT2D eigenvalue weighted by Gasteiger charge is -2.30. The first-order valence-corrected chi connectivity index (χ1v) is 18.2.